The summed E-state index contributed by atoms with van der Waals surface area (Å²) in [5.74, 6) is -0.809. The first kappa shape index (κ1) is 29.6. The third-order valence-electron chi connectivity index (χ3n) is 8.08. The van der Waals surface area contributed by atoms with E-state index in [0.717, 1.165) is 17.0 Å². The van der Waals surface area contributed by atoms with Crippen molar-refractivity contribution in [1.29, 1.82) is 0 Å². The Morgan fingerprint density at radius 3 is 2.55 bits per heavy atom. The standard InChI is InChI=1S/C32H37NO8Si/c1-18-23(29(31(36)37)33-28(18)27(30(33)35)19(2)41-42-17-32(3,4)5)16-39-24-9-7-6-8-21(24)15-38-22-12-10-20-11-13-26(34)40-25(20)14-22/h6-14,18-19,27-28H,15-17,42H2,1-5H3,(H,36,37)/t18-,19+,27+,28+/m0/s1. The molecule has 1 amide bonds. The van der Waals surface area contributed by atoms with Gasteiger partial charge in [-0.2, -0.15) is 0 Å². The summed E-state index contributed by atoms with van der Waals surface area (Å²) in [6, 6.07) is 16.5. The number of nitrogens with zero attached hydrogens (tertiary/aromatic N) is 1. The first-order valence-electron chi connectivity index (χ1n) is 14.2. The van der Waals surface area contributed by atoms with Gasteiger partial charge in [0.25, 0.3) is 0 Å². The number of carbonyl (C=O) groups excluding carboxylic acids is 1. The quantitative estimate of drug-likeness (QED) is 0.197. The van der Waals surface area contributed by atoms with Crippen molar-refractivity contribution >= 4 is 32.6 Å². The summed E-state index contributed by atoms with van der Waals surface area (Å²) >= 11 is 0. The first-order valence-corrected chi connectivity index (χ1v) is 15.8. The Morgan fingerprint density at radius 2 is 1.81 bits per heavy atom. The molecule has 2 aliphatic heterocycles. The number of para-hydroxylation sites is 1. The number of fused-ring (bicyclic) bond motifs is 2. The number of benzene rings is 2. The second-order valence-electron chi connectivity index (χ2n) is 12.2. The summed E-state index contributed by atoms with van der Waals surface area (Å²) in [5.41, 5.74) is 1.54. The second kappa shape index (κ2) is 11.8. The lowest BCUT2D eigenvalue weighted by Gasteiger charge is -2.47. The summed E-state index contributed by atoms with van der Waals surface area (Å²) in [5, 5.41) is 10.9. The van der Waals surface area contributed by atoms with Crippen LogP contribution in [0.1, 0.15) is 40.2 Å². The third-order valence-corrected chi connectivity index (χ3v) is 10.5. The van der Waals surface area contributed by atoms with Crippen LogP contribution in [0.4, 0.5) is 0 Å². The fraction of sp³-hybridized carbons (Fsp3) is 0.406. The van der Waals surface area contributed by atoms with Crippen molar-refractivity contribution < 1.29 is 33.0 Å². The molecule has 3 aromatic rings. The smallest absolute Gasteiger partial charge is 0.352 e. The van der Waals surface area contributed by atoms with Gasteiger partial charge < -0.3 is 28.3 Å². The highest BCUT2D eigenvalue weighted by Gasteiger charge is 2.60. The average Bonchev–Trinajstić information content (AvgIpc) is 3.18. The molecule has 0 saturated carbocycles. The molecule has 0 bridgehead atoms. The molecule has 4 atom stereocenters. The molecule has 0 aliphatic carbocycles. The average molecular weight is 592 g/mol. The molecule has 1 aromatic heterocycles. The maximum Gasteiger partial charge on any atom is 0.352 e. The number of carbonyl (C=O) groups is 2. The maximum absolute atomic E-state index is 13.2. The summed E-state index contributed by atoms with van der Waals surface area (Å²) < 4.78 is 23.6. The van der Waals surface area contributed by atoms with Crippen LogP contribution in [0.2, 0.25) is 6.04 Å². The number of ether oxygens (including phenoxy) is 2. The molecule has 9 nitrogen and oxygen atoms in total. The van der Waals surface area contributed by atoms with Crippen molar-refractivity contribution in [1.82, 2.24) is 4.90 Å². The minimum atomic E-state index is -1.13. The lowest BCUT2D eigenvalue weighted by Crippen LogP contribution is -2.64. The highest BCUT2D eigenvalue weighted by molar-refractivity contribution is 6.27. The molecule has 0 unspecified atom stereocenters. The predicted octanol–water partition coefficient (Wildman–Crippen LogP) is 4.52. The van der Waals surface area contributed by atoms with Crippen LogP contribution >= 0.6 is 0 Å². The third kappa shape index (κ3) is 6.00. The van der Waals surface area contributed by atoms with Gasteiger partial charge in [0.2, 0.25) is 5.91 Å². The Morgan fingerprint density at radius 1 is 1.07 bits per heavy atom. The van der Waals surface area contributed by atoms with Gasteiger partial charge in [-0.25, -0.2) is 9.59 Å². The highest BCUT2D eigenvalue weighted by atomic mass is 28.2. The Bertz CT molecular complexity index is 1590. The number of carboxylic acid groups (broad SMARTS) is 1. The molecule has 1 fully saturated rings. The van der Waals surface area contributed by atoms with E-state index in [1.807, 2.05) is 38.1 Å². The van der Waals surface area contributed by atoms with E-state index in [4.69, 9.17) is 18.3 Å². The lowest BCUT2D eigenvalue weighted by atomic mass is 9.78. The Kier molecular flexibility index (Phi) is 8.29. The van der Waals surface area contributed by atoms with Crippen LogP contribution < -0.4 is 15.1 Å². The van der Waals surface area contributed by atoms with E-state index in [2.05, 4.69) is 20.8 Å². The highest BCUT2D eigenvalue weighted by Crippen LogP contribution is 2.47. The van der Waals surface area contributed by atoms with Crippen LogP contribution in [-0.2, 0) is 20.6 Å². The van der Waals surface area contributed by atoms with Crippen molar-refractivity contribution in [3.63, 3.8) is 0 Å². The van der Waals surface area contributed by atoms with Crippen molar-refractivity contribution in [3.8, 4) is 11.5 Å². The number of aliphatic carboxylic acids is 1. The van der Waals surface area contributed by atoms with Crippen molar-refractivity contribution in [2.45, 2.75) is 59.4 Å². The van der Waals surface area contributed by atoms with Crippen molar-refractivity contribution in [2.24, 2.45) is 17.3 Å². The molecule has 0 spiro atoms. The molecule has 0 radical (unpaired) electrons. The predicted molar refractivity (Wildman–Crippen MR) is 160 cm³/mol. The number of β-lactam (4-membered cyclic amide) rings is 1. The zero-order chi connectivity index (χ0) is 30.2. The van der Waals surface area contributed by atoms with E-state index in [1.165, 1.54) is 11.0 Å². The van der Waals surface area contributed by atoms with Gasteiger partial charge in [0.05, 0.1) is 18.1 Å². The molecule has 2 aromatic carbocycles. The Labute approximate surface area is 247 Å². The molecule has 222 valence electrons. The summed E-state index contributed by atoms with van der Waals surface area (Å²) in [7, 11) is -0.810. The van der Waals surface area contributed by atoms with Crippen LogP contribution in [0, 0.1) is 17.3 Å². The SMILES string of the molecule is C[C@@H](O[SiH2]CC(C)(C)C)[C@H]1C(=O)N2C(C(=O)O)=C(COc3ccccc3COc3ccc4ccc(=O)oc4c3)[C@H](C)[C@H]12. The van der Waals surface area contributed by atoms with Gasteiger partial charge in [0, 0.05) is 34.6 Å². The number of rotatable bonds is 11. The van der Waals surface area contributed by atoms with E-state index in [0.29, 0.717) is 22.7 Å². The summed E-state index contributed by atoms with van der Waals surface area (Å²) in [6.07, 6.45) is -0.258. The molecule has 1 N–H and O–H groups in total. The maximum atomic E-state index is 13.2. The molecule has 3 heterocycles. The van der Waals surface area contributed by atoms with E-state index in [1.54, 1.807) is 24.3 Å². The number of hydrogen-bond donors (Lipinski definition) is 1. The summed E-state index contributed by atoms with van der Waals surface area (Å²) in [6.45, 7) is 10.6. The minimum absolute atomic E-state index is 0.0132. The second-order valence-corrected chi connectivity index (χ2v) is 13.5. The Hall–Kier alpha value is -3.89. The molecular weight excluding hydrogens is 554 g/mol. The van der Waals surface area contributed by atoms with Crippen molar-refractivity contribution in [3.05, 3.63) is 81.9 Å². The fourth-order valence-electron chi connectivity index (χ4n) is 5.69. The molecule has 42 heavy (non-hydrogen) atoms. The first-order chi connectivity index (χ1) is 19.9. The van der Waals surface area contributed by atoms with E-state index in [9.17, 15) is 19.5 Å². The number of amides is 1. The van der Waals surface area contributed by atoms with Gasteiger partial charge >= 0.3 is 11.6 Å². The normalized spacial score (nSPS) is 21.1. The van der Waals surface area contributed by atoms with Crippen molar-refractivity contribution in [2.75, 3.05) is 6.61 Å². The van der Waals surface area contributed by atoms with E-state index < -0.39 is 21.4 Å². The van der Waals surface area contributed by atoms with Crippen LogP contribution in [0.25, 0.3) is 11.0 Å². The largest absolute Gasteiger partial charge is 0.489 e. The number of hydrogen-bond acceptors (Lipinski definition) is 7. The van der Waals surface area contributed by atoms with E-state index in [-0.39, 0.29) is 54.2 Å². The van der Waals surface area contributed by atoms with Gasteiger partial charge in [-0.3, -0.25) is 4.79 Å². The lowest BCUT2D eigenvalue weighted by molar-refractivity contribution is -0.162. The zero-order valence-electron chi connectivity index (χ0n) is 24.6. The van der Waals surface area contributed by atoms with Crippen LogP contribution in [0.3, 0.4) is 0 Å². The molecule has 5 rings (SSSR count). The number of carboxylic acids is 1. The Balaban J connectivity index is 1.27. The van der Waals surface area contributed by atoms with Gasteiger partial charge in [0.1, 0.15) is 36.0 Å². The molecular formula is C32H37NO8Si. The zero-order valence-corrected chi connectivity index (χ0v) is 26.0. The minimum Gasteiger partial charge on any atom is -0.489 e. The van der Waals surface area contributed by atoms with Crippen LogP contribution in [0.15, 0.2) is 75.1 Å². The van der Waals surface area contributed by atoms with Crippen LogP contribution in [-0.4, -0.2) is 50.4 Å². The van der Waals surface area contributed by atoms with Gasteiger partial charge in [-0.15, -0.1) is 0 Å². The van der Waals surface area contributed by atoms with Gasteiger partial charge in [0.15, 0.2) is 9.76 Å². The van der Waals surface area contributed by atoms with Crippen LogP contribution in [0.5, 0.6) is 11.5 Å². The topological polar surface area (TPSA) is 116 Å². The molecule has 1 saturated heterocycles. The molecule has 10 heteroatoms. The molecule has 2 aliphatic rings. The summed E-state index contributed by atoms with van der Waals surface area (Å²) in [4.78, 5) is 38.5. The van der Waals surface area contributed by atoms with Gasteiger partial charge in [-0.05, 0) is 42.6 Å². The monoisotopic (exact) mass is 591 g/mol. The van der Waals surface area contributed by atoms with E-state index >= 15 is 0 Å². The fourth-order valence-corrected chi connectivity index (χ4v) is 7.00. The van der Waals surface area contributed by atoms with Gasteiger partial charge in [-0.1, -0.05) is 45.9 Å².